The van der Waals surface area contributed by atoms with Crippen molar-refractivity contribution in [1.82, 2.24) is 4.98 Å². The molecule has 0 saturated carbocycles. The third kappa shape index (κ3) is 2.96. The van der Waals surface area contributed by atoms with Gasteiger partial charge in [0.05, 0.1) is 18.0 Å². The SMILES string of the molecule is CC(O)C1CCN(c2ncc(N)cc2C(=O)O)CC1. The topological polar surface area (TPSA) is 99.7 Å². The van der Waals surface area contributed by atoms with Crippen LogP contribution < -0.4 is 10.6 Å². The van der Waals surface area contributed by atoms with Gasteiger partial charge in [0.25, 0.3) is 0 Å². The average molecular weight is 265 g/mol. The lowest BCUT2D eigenvalue weighted by Gasteiger charge is -2.34. The minimum Gasteiger partial charge on any atom is -0.478 e. The van der Waals surface area contributed by atoms with Gasteiger partial charge >= 0.3 is 5.97 Å². The second kappa shape index (κ2) is 5.44. The number of nitrogens with zero attached hydrogens (tertiary/aromatic N) is 2. The van der Waals surface area contributed by atoms with Crippen LogP contribution in [0.3, 0.4) is 0 Å². The fourth-order valence-corrected chi connectivity index (χ4v) is 2.48. The zero-order chi connectivity index (χ0) is 14.0. The van der Waals surface area contributed by atoms with Crippen LogP contribution in [0.25, 0.3) is 0 Å². The first-order valence-electron chi connectivity index (χ1n) is 6.41. The molecule has 0 radical (unpaired) electrons. The summed E-state index contributed by atoms with van der Waals surface area (Å²) in [4.78, 5) is 17.3. The van der Waals surface area contributed by atoms with Crippen molar-refractivity contribution < 1.29 is 15.0 Å². The number of aromatic carboxylic acids is 1. The first-order chi connectivity index (χ1) is 8.99. The predicted molar refractivity (Wildman–Crippen MR) is 72.2 cm³/mol. The quantitative estimate of drug-likeness (QED) is 0.752. The zero-order valence-electron chi connectivity index (χ0n) is 10.9. The second-order valence-electron chi connectivity index (χ2n) is 5.01. The molecule has 4 N–H and O–H groups in total. The summed E-state index contributed by atoms with van der Waals surface area (Å²) in [5.74, 6) is -0.281. The Morgan fingerprint density at radius 3 is 2.68 bits per heavy atom. The Morgan fingerprint density at radius 2 is 2.16 bits per heavy atom. The molecule has 19 heavy (non-hydrogen) atoms. The highest BCUT2D eigenvalue weighted by molar-refractivity contribution is 5.94. The van der Waals surface area contributed by atoms with Crippen LogP contribution in [0.4, 0.5) is 11.5 Å². The number of anilines is 2. The lowest BCUT2D eigenvalue weighted by Crippen LogP contribution is -2.38. The van der Waals surface area contributed by atoms with E-state index in [0.717, 1.165) is 12.8 Å². The van der Waals surface area contributed by atoms with Crippen molar-refractivity contribution >= 4 is 17.5 Å². The van der Waals surface area contributed by atoms with E-state index in [2.05, 4.69) is 4.98 Å². The molecule has 1 aromatic rings. The summed E-state index contributed by atoms with van der Waals surface area (Å²) < 4.78 is 0. The van der Waals surface area contributed by atoms with Crippen molar-refractivity contribution in [2.24, 2.45) is 5.92 Å². The fraction of sp³-hybridized carbons (Fsp3) is 0.538. The predicted octanol–water partition coefficient (Wildman–Crippen LogP) is 0.959. The maximum Gasteiger partial charge on any atom is 0.339 e. The number of carbonyl (C=O) groups is 1. The Morgan fingerprint density at radius 1 is 1.53 bits per heavy atom. The van der Waals surface area contributed by atoms with E-state index in [1.165, 1.54) is 12.3 Å². The molecule has 0 amide bonds. The van der Waals surface area contributed by atoms with E-state index >= 15 is 0 Å². The van der Waals surface area contributed by atoms with Gasteiger partial charge in [0.15, 0.2) is 0 Å². The summed E-state index contributed by atoms with van der Waals surface area (Å²) in [6.07, 6.45) is 2.83. The van der Waals surface area contributed by atoms with Crippen LogP contribution in [0.15, 0.2) is 12.3 Å². The van der Waals surface area contributed by atoms with E-state index in [0.29, 0.717) is 24.6 Å². The number of carboxylic acids is 1. The summed E-state index contributed by atoms with van der Waals surface area (Å²) >= 11 is 0. The number of aliphatic hydroxyl groups is 1. The summed E-state index contributed by atoms with van der Waals surface area (Å²) in [6, 6.07) is 1.44. The van der Waals surface area contributed by atoms with Crippen molar-refractivity contribution in [3.63, 3.8) is 0 Å². The Bertz CT molecular complexity index is 468. The van der Waals surface area contributed by atoms with Crippen molar-refractivity contribution in [2.75, 3.05) is 23.7 Å². The molecule has 0 spiro atoms. The second-order valence-corrected chi connectivity index (χ2v) is 5.01. The van der Waals surface area contributed by atoms with Crippen molar-refractivity contribution in [1.29, 1.82) is 0 Å². The molecule has 6 nitrogen and oxygen atoms in total. The Balaban J connectivity index is 2.17. The molecule has 0 aliphatic carbocycles. The van der Waals surface area contributed by atoms with Gasteiger partial charge in [-0.15, -0.1) is 0 Å². The normalized spacial score (nSPS) is 18.3. The highest BCUT2D eigenvalue weighted by atomic mass is 16.4. The van der Waals surface area contributed by atoms with Crippen LogP contribution in [0.2, 0.25) is 0 Å². The number of aliphatic hydroxyl groups excluding tert-OH is 1. The Labute approximate surface area is 111 Å². The molecule has 1 aliphatic heterocycles. The summed E-state index contributed by atoms with van der Waals surface area (Å²) in [5, 5.41) is 18.8. The van der Waals surface area contributed by atoms with Gasteiger partial charge < -0.3 is 20.8 Å². The number of hydrogen-bond donors (Lipinski definition) is 3. The molecule has 1 unspecified atom stereocenters. The number of aromatic nitrogens is 1. The lowest BCUT2D eigenvalue weighted by atomic mass is 9.92. The Kier molecular flexibility index (Phi) is 3.90. The van der Waals surface area contributed by atoms with E-state index in [4.69, 9.17) is 5.73 Å². The molecular formula is C13H19N3O3. The fourth-order valence-electron chi connectivity index (χ4n) is 2.48. The molecule has 1 saturated heterocycles. The molecule has 0 bridgehead atoms. The van der Waals surface area contributed by atoms with E-state index in [1.54, 1.807) is 6.92 Å². The minimum absolute atomic E-state index is 0.135. The third-order valence-corrected chi connectivity index (χ3v) is 3.64. The largest absolute Gasteiger partial charge is 0.478 e. The van der Waals surface area contributed by atoms with Crippen molar-refractivity contribution in [3.05, 3.63) is 17.8 Å². The van der Waals surface area contributed by atoms with Crippen molar-refractivity contribution in [2.45, 2.75) is 25.9 Å². The third-order valence-electron chi connectivity index (χ3n) is 3.64. The van der Waals surface area contributed by atoms with Crippen LogP contribution in [0, 0.1) is 5.92 Å². The average Bonchev–Trinajstić information content (AvgIpc) is 2.38. The number of carboxylic acid groups (broad SMARTS) is 1. The van der Waals surface area contributed by atoms with Gasteiger partial charge in [-0.05, 0) is 31.7 Å². The van der Waals surface area contributed by atoms with E-state index in [1.807, 2.05) is 4.90 Å². The van der Waals surface area contributed by atoms with E-state index in [-0.39, 0.29) is 17.6 Å². The highest BCUT2D eigenvalue weighted by Gasteiger charge is 2.26. The first-order valence-corrected chi connectivity index (χ1v) is 6.41. The van der Waals surface area contributed by atoms with Gasteiger partial charge in [-0.25, -0.2) is 9.78 Å². The zero-order valence-corrected chi connectivity index (χ0v) is 10.9. The van der Waals surface area contributed by atoms with Crippen molar-refractivity contribution in [3.8, 4) is 0 Å². The maximum absolute atomic E-state index is 11.2. The number of nitrogens with two attached hydrogens (primary N) is 1. The Hall–Kier alpha value is -1.82. The summed E-state index contributed by atoms with van der Waals surface area (Å²) in [6.45, 7) is 3.20. The number of pyridine rings is 1. The standard InChI is InChI=1S/C13H19N3O3/c1-8(17)9-2-4-16(5-3-9)12-11(13(18)19)6-10(14)7-15-12/h6-9,17H,2-5,14H2,1H3,(H,18,19). The van der Waals surface area contributed by atoms with Crippen LogP contribution in [-0.2, 0) is 0 Å². The molecule has 1 aromatic heterocycles. The number of piperidine rings is 1. The van der Waals surface area contributed by atoms with Crippen LogP contribution in [0.5, 0.6) is 0 Å². The smallest absolute Gasteiger partial charge is 0.339 e. The lowest BCUT2D eigenvalue weighted by molar-refractivity contribution is 0.0696. The molecule has 0 aromatic carbocycles. The molecule has 104 valence electrons. The minimum atomic E-state index is -1.02. The number of nitrogen functional groups attached to an aromatic ring is 1. The van der Waals surface area contributed by atoms with E-state index in [9.17, 15) is 15.0 Å². The molecular weight excluding hydrogens is 246 g/mol. The molecule has 1 atom stereocenters. The summed E-state index contributed by atoms with van der Waals surface area (Å²) in [7, 11) is 0. The van der Waals surface area contributed by atoms with Gasteiger partial charge in [-0.2, -0.15) is 0 Å². The van der Waals surface area contributed by atoms with E-state index < -0.39 is 5.97 Å². The van der Waals surface area contributed by atoms with Gasteiger partial charge in [0.1, 0.15) is 11.4 Å². The first kappa shape index (κ1) is 13.6. The van der Waals surface area contributed by atoms with Gasteiger partial charge in [0, 0.05) is 13.1 Å². The number of rotatable bonds is 3. The molecule has 2 rings (SSSR count). The highest BCUT2D eigenvalue weighted by Crippen LogP contribution is 2.27. The van der Waals surface area contributed by atoms with Crippen LogP contribution >= 0.6 is 0 Å². The van der Waals surface area contributed by atoms with Crippen LogP contribution in [0.1, 0.15) is 30.1 Å². The van der Waals surface area contributed by atoms with Gasteiger partial charge in [-0.3, -0.25) is 0 Å². The molecule has 1 aliphatic rings. The van der Waals surface area contributed by atoms with Gasteiger partial charge in [0.2, 0.25) is 0 Å². The van der Waals surface area contributed by atoms with Gasteiger partial charge in [-0.1, -0.05) is 0 Å². The number of hydrogen-bond acceptors (Lipinski definition) is 5. The van der Waals surface area contributed by atoms with Crippen LogP contribution in [-0.4, -0.2) is 40.4 Å². The molecule has 6 heteroatoms. The molecule has 1 fully saturated rings. The summed E-state index contributed by atoms with van der Waals surface area (Å²) in [5.41, 5.74) is 6.06. The maximum atomic E-state index is 11.2. The monoisotopic (exact) mass is 265 g/mol. The molecule has 2 heterocycles.